The van der Waals surface area contributed by atoms with Gasteiger partial charge in [0.05, 0.1) is 12.6 Å². The molecule has 3 heteroatoms. The van der Waals surface area contributed by atoms with Crippen molar-refractivity contribution in [2.75, 3.05) is 6.54 Å². The third kappa shape index (κ3) is 2.54. The van der Waals surface area contributed by atoms with E-state index in [9.17, 15) is 0 Å². The van der Waals surface area contributed by atoms with Crippen LogP contribution < -0.4 is 5.73 Å². The van der Waals surface area contributed by atoms with Gasteiger partial charge < -0.3 is 10.6 Å². The van der Waals surface area contributed by atoms with Crippen molar-refractivity contribution in [3.05, 3.63) is 35.9 Å². The van der Waals surface area contributed by atoms with Crippen LogP contribution in [0.25, 0.3) is 0 Å². The van der Waals surface area contributed by atoms with Gasteiger partial charge in [0.25, 0.3) is 0 Å². The van der Waals surface area contributed by atoms with Gasteiger partial charge in [0.1, 0.15) is 0 Å². The van der Waals surface area contributed by atoms with Crippen LogP contribution in [0.15, 0.2) is 35.3 Å². The molecular weight excluding hydrogens is 246 g/mol. The summed E-state index contributed by atoms with van der Waals surface area (Å²) in [5, 5.41) is 0. The zero-order chi connectivity index (χ0) is 14.0. The maximum atomic E-state index is 6.16. The van der Waals surface area contributed by atoms with Crippen LogP contribution >= 0.6 is 0 Å². The highest BCUT2D eigenvalue weighted by atomic mass is 15.3. The van der Waals surface area contributed by atoms with Gasteiger partial charge in [-0.05, 0) is 23.8 Å². The summed E-state index contributed by atoms with van der Waals surface area (Å²) in [5.41, 5.74) is 7.85. The van der Waals surface area contributed by atoms with Crippen LogP contribution in [-0.2, 0) is 6.54 Å². The first kappa shape index (κ1) is 13.5. The van der Waals surface area contributed by atoms with Crippen LogP contribution in [0.5, 0.6) is 0 Å². The molecule has 0 radical (unpaired) electrons. The Hall–Kier alpha value is -1.51. The third-order valence-electron chi connectivity index (χ3n) is 5.09. The second kappa shape index (κ2) is 5.47. The van der Waals surface area contributed by atoms with E-state index in [-0.39, 0.29) is 0 Å². The molecule has 0 amide bonds. The molecule has 2 N–H and O–H groups in total. The fraction of sp³-hybridized carbons (Fsp3) is 0.588. The van der Waals surface area contributed by atoms with Gasteiger partial charge in [-0.25, -0.2) is 0 Å². The molecule has 1 aliphatic heterocycles. The van der Waals surface area contributed by atoms with E-state index in [1.807, 2.05) is 0 Å². The van der Waals surface area contributed by atoms with Crippen LogP contribution in [0.2, 0.25) is 0 Å². The van der Waals surface area contributed by atoms with E-state index in [0.29, 0.717) is 11.5 Å². The van der Waals surface area contributed by atoms with Crippen molar-refractivity contribution in [2.24, 2.45) is 16.1 Å². The number of guanidine groups is 1. The van der Waals surface area contributed by atoms with Gasteiger partial charge in [0, 0.05) is 6.54 Å². The number of hydrogen-bond donors (Lipinski definition) is 1. The third-order valence-corrected chi connectivity index (χ3v) is 5.09. The van der Waals surface area contributed by atoms with Gasteiger partial charge in [-0.2, -0.15) is 0 Å². The molecule has 1 unspecified atom stereocenters. The van der Waals surface area contributed by atoms with Crippen LogP contribution in [0, 0.1) is 5.41 Å². The number of nitrogens with zero attached hydrogens (tertiary/aromatic N) is 2. The van der Waals surface area contributed by atoms with E-state index < -0.39 is 0 Å². The summed E-state index contributed by atoms with van der Waals surface area (Å²) in [4.78, 5) is 6.87. The van der Waals surface area contributed by atoms with E-state index in [0.717, 1.165) is 19.0 Å². The molecular formula is C17H25N3. The summed E-state index contributed by atoms with van der Waals surface area (Å²) in [7, 11) is 0. The molecule has 0 spiro atoms. The molecule has 1 heterocycles. The largest absolute Gasteiger partial charge is 0.370 e. The maximum Gasteiger partial charge on any atom is 0.191 e. The molecule has 1 fully saturated rings. The van der Waals surface area contributed by atoms with E-state index >= 15 is 0 Å². The first-order valence-corrected chi connectivity index (χ1v) is 7.79. The Morgan fingerprint density at radius 1 is 1.20 bits per heavy atom. The number of aliphatic imine (C=N–C) groups is 1. The SMILES string of the molecule is CC1(C2CN=C(N)N2Cc2ccccc2)CCCCC1. The Balaban J connectivity index is 1.78. The van der Waals surface area contributed by atoms with Crippen molar-refractivity contribution in [3.63, 3.8) is 0 Å². The quantitative estimate of drug-likeness (QED) is 0.917. The molecule has 108 valence electrons. The number of benzene rings is 1. The van der Waals surface area contributed by atoms with Crippen molar-refractivity contribution in [3.8, 4) is 0 Å². The minimum absolute atomic E-state index is 0.373. The Bertz CT molecular complexity index is 474. The molecule has 1 atom stereocenters. The lowest BCUT2D eigenvalue weighted by Crippen LogP contribution is -2.49. The monoisotopic (exact) mass is 271 g/mol. The lowest BCUT2D eigenvalue weighted by molar-refractivity contribution is 0.0976. The predicted molar refractivity (Wildman–Crippen MR) is 83.5 cm³/mol. The Labute approximate surface area is 121 Å². The second-order valence-corrected chi connectivity index (χ2v) is 6.54. The Morgan fingerprint density at radius 3 is 2.60 bits per heavy atom. The van der Waals surface area contributed by atoms with Gasteiger partial charge in [0.2, 0.25) is 0 Å². The minimum atomic E-state index is 0.373. The number of hydrogen-bond acceptors (Lipinski definition) is 3. The molecule has 3 nitrogen and oxygen atoms in total. The molecule has 1 aliphatic carbocycles. The number of nitrogens with two attached hydrogens (primary N) is 1. The van der Waals surface area contributed by atoms with Crippen molar-refractivity contribution in [1.82, 2.24) is 4.90 Å². The summed E-state index contributed by atoms with van der Waals surface area (Å²) in [6, 6.07) is 11.1. The zero-order valence-electron chi connectivity index (χ0n) is 12.4. The molecule has 0 aromatic heterocycles. The highest BCUT2D eigenvalue weighted by Gasteiger charge is 2.41. The maximum absolute atomic E-state index is 6.16. The molecule has 0 bridgehead atoms. The first-order chi connectivity index (χ1) is 9.69. The average Bonchev–Trinajstić information content (AvgIpc) is 2.83. The topological polar surface area (TPSA) is 41.6 Å². The molecule has 3 rings (SSSR count). The summed E-state index contributed by atoms with van der Waals surface area (Å²) in [6.07, 6.45) is 6.72. The highest BCUT2D eigenvalue weighted by Crippen LogP contribution is 2.42. The smallest absolute Gasteiger partial charge is 0.191 e. The van der Waals surface area contributed by atoms with Crippen LogP contribution in [0.1, 0.15) is 44.6 Å². The number of rotatable bonds is 3. The molecule has 1 aromatic carbocycles. The zero-order valence-corrected chi connectivity index (χ0v) is 12.4. The van der Waals surface area contributed by atoms with Crippen LogP contribution in [0.4, 0.5) is 0 Å². The Kier molecular flexibility index (Phi) is 3.68. The van der Waals surface area contributed by atoms with Gasteiger partial charge in [-0.1, -0.05) is 56.5 Å². The highest BCUT2D eigenvalue weighted by molar-refractivity contribution is 5.80. The average molecular weight is 271 g/mol. The molecule has 20 heavy (non-hydrogen) atoms. The first-order valence-electron chi connectivity index (χ1n) is 7.79. The van der Waals surface area contributed by atoms with E-state index in [4.69, 9.17) is 5.73 Å². The van der Waals surface area contributed by atoms with E-state index in [1.165, 1.54) is 37.7 Å². The molecule has 0 saturated heterocycles. The van der Waals surface area contributed by atoms with Gasteiger partial charge in [-0.3, -0.25) is 4.99 Å². The van der Waals surface area contributed by atoms with Crippen LogP contribution in [-0.4, -0.2) is 23.4 Å². The minimum Gasteiger partial charge on any atom is -0.370 e. The summed E-state index contributed by atoms with van der Waals surface area (Å²) in [6.45, 7) is 4.19. The summed E-state index contributed by atoms with van der Waals surface area (Å²) >= 11 is 0. The molecule has 2 aliphatic rings. The van der Waals surface area contributed by atoms with E-state index in [2.05, 4.69) is 47.1 Å². The van der Waals surface area contributed by atoms with Gasteiger partial charge >= 0.3 is 0 Å². The van der Waals surface area contributed by atoms with E-state index in [1.54, 1.807) is 0 Å². The lowest BCUT2D eigenvalue weighted by Gasteiger charge is -2.43. The standard InChI is InChI=1S/C17H25N3/c1-17(10-6-3-7-11-17)15-12-19-16(18)20(15)13-14-8-4-2-5-9-14/h2,4-5,8-9,15H,3,6-7,10-13H2,1H3,(H2,18,19). The van der Waals surface area contributed by atoms with Gasteiger partial charge in [-0.15, -0.1) is 0 Å². The predicted octanol–water partition coefficient (Wildman–Crippen LogP) is 3.16. The van der Waals surface area contributed by atoms with Crippen molar-refractivity contribution < 1.29 is 0 Å². The molecule has 1 saturated carbocycles. The second-order valence-electron chi connectivity index (χ2n) is 6.54. The van der Waals surface area contributed by atoms with Crippen LogP contribution in [0.3, 0.4) is 0 Å². The van der Waals surface area contributed by atoms with Gasteiger partial charge in [0.15, 0.2) is 5.96 Å². The van der Waals surface area contributed by atoms with Crippen molar-refractivity contribution in [1.29, 1.82) is 0 Å². The summed E-state index contributed by atoms with van der Waals surface area (Å²) < 4.78 is 0. The fourth-order valence-electron chi connectivity index (χ4n) is 3.79. The summed E-state index contributed by atoms with van der Waals surface area (Å²) in [5.74, 6) is 0.727. The Morgan fingerprint density at radius 2 is 1.90 bits per heavy atom. The van der Waals surface area contributed by atoms with Crippen molar-refractivity contribution in [2.45, 2.75) is 51.6 Å². The normalized spacial score (nSPS) is 25.6. The van der Waals surface area contributed by atoms with Crippen molar-refractivity contribution >= 4 is 5.96 Å². The fourth-order valence-corrected chi connectivity index (χ4v) is 3.79. The lowest BCUT2D eigenvalue weighted by atomic mass is 9.70. The molecule has 1 aromatic rings.